The molecule has 0 bridgehead atoms. The topological polar surface area (TPSA) is 80.4 Å². The molecule has 0 saturated carbocycles. The largest absolute Gasteiger partial charge is 0.478 e. The van der Waals surface area contributed by atoms with E-state index in [0.717, 1.165) is 0 Å². The molecule has 3 N–H and O–H groups in total. The quantitative estimate of drug-likeness (QED) is 0.825. The lowest BCUT2D eigenvalue weighted by Crippen LogP contribution is -2.13. The van der Waals surface area contributed by atoms with Gasteiger partial charge in [0.15, 0.2) is 0 Å². The van der Waals surface area contributed by atoms with E-state index in [9.17, 15) is 14.7 Å². The number of carboxylic acids is 1. The van der Waals surface area contributed by atoms with Crippen molar-refractivity contribution in [3.05, 3.63) is 47.0 Å². The summed E-state index contributed by atoms with van der Waals surface area (Å²) in [6, 6.07) is 8.48. The van der Waals surface area contributed by atoms with Crippen LogP contribution in [0.3, 0.4) is 0 Å². The van der Waals surface area contributed by atoms with Gasteiger partial charge in [0, 0.05) is 10.9 Å². The fraction of sp³-hybridized carbons (Fsp3) is 0.0769. The minimum Gasteiger partial charge on any atom is -0.478 e. The molecule has 4 heteroatoms. The van der Waals surface area contributed by atoms with Crippen LogP contribution in [0.25, 0.3) is 10.8 Å². The van der Waals surface area contributed by atoms with Crippen molar-refractivity contribution in [1.29, 1.82) is 0 Å². The van der Waals surface area contributed by atoms with Gasteiger partial charge >= 0.3 is 5.97 Å². The Morgan fingerprint density at radius 3 is 2.47 bits per heavy atom. The highest BCUT2D eigenvalue weighted by Gasteiger charge is 2.16. The van der Waals surface area contributed by atoms with E-state index in [0.29, 0.717) is 16.3 Å². The van der Waals surface area contributed by atoms with Crippen LogP contribution in [0.4, 0.5) is 0 Å². The van der Waals surface area contributed by atoms with E-state index >= 15 is 0 Å². The number of primary amides is 1. The van der Waals surface area contributed by atoms with Gasteiger partial charge in [-0.1, -0.05) is 24.3 Å². The van der Waals surface area contributed by atoms with Crippen molar-refractivity contribution in [1.82, 2.24) is 0 Å². The van der Waals surface area contributed by atoms with Gasteiger partial charge in [0.2, 0.25) is 5.91 Å². The molecule has 86 valence electrons. The highest BCUT2D eigenvalue weighted by Crippen LogP contribution is 2.25. The monoisotopic (exact) mass is 229 g/mol. The molecule has 0 radical (unpaired) electrons. The SMILES string of the molecule is Cc1ccc2cccc(C(N)=O)c2c1C(=O)O. The number of nitrogens with two attached hydrogens (primary N) is 1. The number of hydrogen-bond acceptors (Lipinski definition) is 2. The van der Waals surface area contributed by atoms with Crippen LogP contribution in [0.5, 0.6) is 0 Å². The van der Waals surface area contributed by atoms with Gasteiger partial charge in [0.1, 0.15) is 0 Å². The summed E-state index contributed by atoms with van der Waals surface area (Å²) in [7, 11) is 0. The van der Waals surface area contributed by atoms with E-state index in [4.69, 9.17) is 5.73 Å². The molecule has 2 aromatic carbocycles. The van der Waals surface area contributed by atoms with Crippen molar-refractivity contribution in [2.45, 2.75) is 6.92 Å². The minimum atomic E-state index is -1.05. The molecule has 0 fully saturated rings. The number of benzene rings is 2. The van der Waals surface area contributed by atoms with Gasteiger partial charge in [-0.3, -0.25) is 4.79 Å². The molecule has 0 unspecified atom stereocenters. The lowest BCUT2D eigenvalue weighted by atomic mass is 9.95. The molecule has 0 aromatic heterocycles. The smallest absolute Gasteiger partial charge is 0.336 e. The van der Waals surface area contributed by atoms with Crippen LogP contribution in [0, 0.1) is 6.92 Å². The summed E-state index contributed by atoms with van der Waals surface area (Å²) in [5.74, 6) is -1.68. The van der Waals surface area contributed by atoms with Gasteiger partial charge in [0.25, 0.3) is 0 Å². The Labute approximate surface area is 97.7 Å². The number of aryl methyl sites for hydroxylation is 1. The van der Waals surface area contributed by atoms with Crippen molar-refractivity contribution in [2.24, 2.45) is 5.73 Å². The van der Waals surface area contributed by atoms with Crippen LogP contribution in [0.15, 0.2) is 30.3 Å². The zero-order valence-electron chi connectivity index (χ0n) is 9.23. The normalized spacial score (nSPS) is 10.4. The average Bonchev–Trinajstić information content (AvgIpc) is 2.27. The van der Waals surface area contributed by atoms with Gasteiger partial charge in [-0.25, -0.2) is 4.79 Å². The molecule has 2 aromatic rings. The first-order chi connectivity index (χ1) is 8.02. The third kappa shape index (κ3) is 1.73. The second-order valence-electron chi connectivity index (χ2n) is 3.83. The molecular formula is C13H11NO3. The molecule has 0 aliphatic rings. The molecule has 0 spiro atoms. The van der Waals surface area contributed by atoms with Gasteiger partial charge in [-0.2, -0.15) is 0 Å². The van der Waals surface area contributed by atoms with Crippen molar-refractivity contribution < 1.29 is 14.7 Å². The van der Waals surface area contributed by atoms with Crippen molar-refractivity contribution in [2.75, 3.05) is 0 Å². The summed E-state index contributed by atoms with van der Waals surface area (Å²) in [4.78, 5) is 22.6. The van der Waals surface area contributed by atoms with Crippen molar-refractivity contribution in [3.8, 4) is 0 Å². The first-order valence-electron chi connectivity index (χ1n) is 5.08. The number of hydrogen-bond donors (Lipinski definition) is 2. The minimum absolute atomic E-state index is 0.136. The second-order valence-corrected chi connectivity index (χ2v) is 3.83. The molecule has 0 heterocycles. The zero-order chi connectivity index (χ0) is 12.6. The first kappa shape index (κ1) is 11.1. The predicted molar refractivity (Wildman–Crippen MR) is 64.2 cm³/mol. The molecule has 0 atom stereocenters. The van der Waals surface area contributed by atoms with E-state index < -0.39 is 11.9 Å². The van der Waals surface area contributed by atoms with Crippen LogP contribution in [0.2, 0.25) is 0 Å². The second kappa shape index (κ2) is 3.90. The fourth-order valence-electron chi connectivity index (χ4n) is 1.96. The average molecular weight is 229 g/mol. The number of carbonyl (C=O) groups excluding carboxylic acids is 1. The fourth-order valence-corrected chi connectivity index (χ4v) is 1.96. The van der Waals surface area contributed by atoms with Gasteiger partial charge < -0.3 is 10.8 Å². The molecule has 4 nitrogen and oxygen atoms in total. The van der Waals surface area contributed by atoms with Crippen molar-refractivity contribution >= 4 is 22.6 Å². The molecule has 0 aliphatic carbocycles. The Morgan fingerprint density at radius 1 is 1.18 bits per heavy atom. The van der Waals surface area contributed by atoms with Crippen LogP contribution >= 0.6 is 0 Å². The van der Waals surface area contributed by atoms with Crippen LogP contribution in [0.1, 0.15) is 26.3 Å². The summed E-state index contributed by atoms with van der Waals surface area (Å²) >= 11 is 0. The Hall–Kier alpha value is -2.36. The van der Waals surface area contributed by atoms with Crippen molar-refractivity contribution in [3.63, 3.8) is 0 Å². The number of carboxylic acid groups (broad SMARTS) is 1. The molecule has 17 heavy (non-hydrogen) atoms. The van der Waals surface area contributed by atoms with E-state index in [1.807, 2.05) is 0 Å². The van der Waals surface area contributed by atoms with E-state index in [2.05, 4.69) is 0 Å². The molecule has 0 aliphatic heterocycles. The first-order valence-corrected chi connectivity index (χ1v) is 5.08. The summed E-state index contributed by atoms with van der Waals surface area (Å²) in [6.45, 7) is 1.70. The Kier molecular flexibility index (Phi) is 2.55. The molecule has 1 amide bonds. The van der Waals surface area contributed by atoms with E-state index in [-0.39, 0.29) is 11.1 Å². The summed E-state index contributed by atoms with van der Waals surface area (Å²) < 4.78 is 0. The molecular weight excluding hydrogens is 218 g/mol. The molecule has 2 rings (SSSR count). The summed E-state index contributed by atoms with van der Waals surface area (Å²) in [5, 5.41) is 10.3. The Balaban J connectivity index is 2.99. The number of carbonyl (C=O) groups is 2. The maximum atomic E-state index is 11.3. The van der Waals surface area contributed by atoms with Crippen LogP contribution < -0.4 is 5.73 Å². The standard InChI is InChI=1S/C13H11NO3/c1-7-5-6-8-3-2-4-9(12(14)15)11(8)10(7)13(16)17/h2-6H,1H3,(H2,14,15)(H,16,17). The van der Waals surface area contributed by atoms with Gasteiger partial charge in [0.05, 0.1) is 5.56 Å². The van der Waals surface area contributed by atoms with E-state index in [1.165, 1.54) is 6.07 Å². The number of fused-ring (bicyclic) bond motifs is 1. The zero-order valence-corrected chi connectivity index (χ0v) is 9.23. The molecule has 0 saturated heterocycles. The van der Waals surface area contributed by atoms with Gasteiger partial charge in [-0.05, 0) is 23.9 Å². The third-order valence-electron chi connectivity index (χ3n) is 2.73. The Bertz CT molecular complexity index is 632. The van der Waals surface area contributed by atoms with Gasteiger partial charge in [-0.15, -0.1) is 0 Å². The summed E-state index contributed by atoms with van der Waals surface area (Å²) in [5.41, 5.74) is 6.25. The highest BCUT2D eigenvalue weighted by atomic mass is 16.4. The number of rotatable bonds is 2. The van der Waals surface area contributed by atoms with E-state index in [1.54, 1.807) is 31.2 Å². The maximum Gasteiger partial charge on any atom is 0.336 e. The lowest BCUT2D eigenvalue weighted by molar-refractivity contribution is 0.0698. The van der Waals surface area contributed by atoms with Crippen LogP contribution in [-0.2, 0) is 0 Å². The number of aromatic carboxylic acids is 1. The lowest BCUT2D eigenvalue weighted by Gasteiger charge is -2.09. The third-order valence-corrected chi connectivity index (χ3v) is 2.73. The highest BCUT2D eigenvalue weighted by molar-refractivity contribution is 6.14. The predicted octanol–water partition coefficient (Wildman–Crippen LogP) is 1.95. The maximum absolute atomic E-state index is 11.3. The van der Waals surface area contributed by atoms with Crippen LogP contribution in [-0.4, -0.2) is 17.0 Å². The summed E-state index contributed by atoms with van der Waals surface area (Å²) in [6.07, 6.45) is 0. The number of amides is 1. The Morgan fingerprint density at radius 2 is 1.88 bits per heavy atom.